The van der Waals surface area contributed by atoms with Crippen LogP contribution < -0.4 is 5.73 Å². The van der Waals surface area contributed by atoms with Crippen molar-refractivity contribution < 1.29 is 9.53 Å². The molecule has 0 aliphatic heterocycles. The maximum Gasteiger partial charge on any atom is 0.410 e. The van der Waals surface area contributed by atoms with Gasteiger partial charge in [-0.1, -0.05) is 0 Å². The summed E-state index contributed by atoms with van der Waals surface area (Å²) in [6.07, 6.45) is 4.16. The zero-order chi connectivity index (χ0) is 13.1. The lowest BCUT2D eigenvalue weighted by Gasteiger charge is -2.31. The summed E-state index contributed by atoms with van der Waals surface area (Å²) < 4.78 is 5.32. The zero-order valence-electron chi connectivity index (χ0n) is 11.5. The van der Waals surface area contributed by atoms with E-state index in [9.17, 15) is 4.79 Å². The van der Waals surface area contributed by atoms with Gasteiger partial charge >= 0.3 is 6.09 Å². The fraction of sp³-hybridized carbons (Fsp3) is 0.923. The second-order valence-corrected chi connectivity index (χ2v) is 6.14. The molecule has 2 N–H and O–H groups in total. The van der Waals surface area contributed by atoms with Gasteiger partial charge in [-0.3, -0.25) is 0 Å². The molecule has 0 heterocycles. The Morgan fingerprint density at radius 3 is 2.29 bits per heavy atom. The van der Waals surface area contributed by atoms with Crippen LogP contribution in [0.3, 0.4) is 0 Å². The molecule has 4 heteroatoms. The predicted molar refractivity (Wildman–Crippen MR) is 68.8 cm³/mol. The Hall–Kier alpha value is -0.770. The molecule has 0 bridgehead atoms. The molecule has 0 aromatic heterocycles. The van der Waals surface area contributed by atoms with E-state index < -0.39 is 5.60 Å². The average Bonchev–Trinajstić information content (AvgIpc) is 2.19. The van der Waals surface area contributed by atoms with Gasteiger partial charge in [-0.2, -0.15) is 0 Å². The number of carbonyl (C=O) groups is 1. The number of nitrogens with two attached hydrogens (primary N) is 1. The number of nitrogens with zero attached hydrogens (tertiary/aromatic N) is 1. The van der Waals surface area contributed by atoms with Gasteiger partial charge in [0.1, 0.15) is 5.60 Å². The summed E-state index contributed by atoms with van der Waals surface area (Å²) in [5.41, 5.74) is 5.45. The van der Waals surface area contributed by atoms with Crippen molar-refractivity contribution in [3.63, 3.8) is 0 Å². The minimum atomic E-state index is -0.416. The molecule has 0 aromatic carbocycles. The normalized spacial score (nSPS) is 25.5. The molecule has 0 radical (unpaired) electrons. The van der Waals surface area contributed by atoms with Crippen LogP contribution in [0.1, 0.15) is 46.5 Å². The van der Waals surface area contributed by atoms with Gasteiger partial charge in [-0.25, -0.2) is 4.79 Å². The van der Waals surface area contributed by atoms with Crippen LogP contribution in [0.5, 0.6) is 0 Å². The van der Waals surface area contributed by atoms with Crippen LogP contribution in [-0.2, 0) is 4.74 Å². The highest BCUT2D eigenvalue weighted by molar-refractivity contribution is 5.67. The molecule has 0 saturated heterocycles. The van der Waals surface area contributed by atoms with Gasteiger partial charge < -0.3 is 15.4 Å². The van der Waals surface area contributed by atoms with Crippen LogP contribution in [0.15, 0.2) is 0 Å². The van der Waals surface area contributed by atoms with E-state index in [2.05, 4.69) is 0 Å². The van der Waals surface area contributed by atoms with Crippen molar-refractivity contribution >= 4 is 6.09 Å². The Labute approximate surface area is 104 Å². The Kier molecular flexibility index (Phi) is 4.80. The molecule has 0 aromatic rings. The van der Waals surface area contributed by atoms with Crippen LogP contribution in [0.25, 0.3) is 0 Å². The largest absolute Gasteiger partial charge is 0.444 e. The van der Waals surface area contributed by atoms with Crippen molar-refractivity contribution in [3.8, 4) is 0 Å². The molecule has 0 spiro atoms. The van der Waals surface area contributed by atoms with Crippen molar-refractivity contribution in [2.75, 3.05) is 13.6 Å². The molecule has 4 nitrogen and oxygen atoms in total. The molecular weight excluding hydrogens is 216 g/mol. The van der Waals surface area contributed by atoms with Crippen molar-refractivity contribution in [1.29, 1.82) is 0 Å². The third-order valence-electron chi connectivity index (χ3n) is 3.13. The van der Waals surface area contributed by atoms with Gasteiger partial charge in [0.2, 0.25) is 0 Å². The molecule has 1 aliphatic rings. The van der Waals surface area contributed by atoms with Gasteiger partial charge in [0.25, 0.3) is 0 Å². The number of ether oxygens (including phenoxy) is 1. The van der Waals surface area contributed by atoms with Crippen LogP contribution in [0.4, 0.5) is 4.79 Å². The van der Waals surface area contributed by atoms with Gasteiger partial charge in [-0.05, 0) is 52.4 Å². The highest BCUT2D eigenvalue weighted by Crippen LogP contribution is 2.24. The Balaban J connectivity index is 2.33. The van der Waals surface area contributed by atoms with Gasteiger partial charge in [0.15, 0.2) is 0 Å². The lowest BCUT2D eigenvalue weighted by molar-refractivity contribution is 0.0261. The van der Waals surface area contributed by atoms with E-state index in [1.165, 1.54) is 0 Å². The first-order chi connectivity index (χ1) is 7.78. The van der Waals surface area contributed by atoms with E-state index >= 15 is 0 Å². The van der Waals surface area contributed by atoms with E-state index in [-0.39, 0.29) is 6.09 Å². The maximum atomic E-state index is 11.8. The number of hydrogen-bond acceptors (Lipinski definition) is 3. The van der Waals surface area contributed by atoms with E-state index in [1.807, 2.05) is 27.8 Å². The van der Waals surface area contributed by atoms with Crippen LogP contribution in [0.2, 0.25) is 0 Å². The third-order valence-corrected chi connectivity index (χ3v) is 3.13. The molecule has 100 valence electrons. The summed E-state index contributed by atoms with van der Waals surface area (Å²) in [4.78, 5) is 13.5. The molecule has 0 atom stereocenters. The fourth-order valence-electron chi connectivity index (χ4n) is 2.17. The van der Waals surface area contributed by atoms with Gasteiger partial charge in [0.05, 0.1) is 0 Å². The fourth-order valence-corrected chi connectivity index (χ4v) is 2.17. The summed E-state index contributed by atoms with van der Waals surface area (Å²) in [6.45, 7) is 6.44. The molecular formula is C13H26N2O2. The predicted octanol–water partition coefficient (Wildman–Crippen LogP) is 2.37. The smallest absolute Gasteiger partial charge is 0.410 e. The highest BCUT2D eigenvalue weighted by atomic mass is 16.6. The Bertz CT molecular complexity index is 253. The highest BCUT2D eigenvalue weighted by Gasteiger charge is 2.24. The monoisotopic (exact) mass is 242 g/mol. The quantitative estimate of drug-likeness (QED) is 0.808. The zero-order valence-corrected chi connectivity index (χ0v) is 11.5. The minimum Gasteiger partial charge on any atom is -0.444 e. The summed E-state index contributed by atoms with van der Waals surface area (Å²) in [5.74, 6) is 0.576. The molecule has 1 amide bonds. The van der Waals surface area contributed by atoms with Gasteiger partial charge in [-0.15, -0.1) is 0 Å². The maximum absolute atomic E-state index is 11.8. The second kappa shape index (κ2) is 5.71. The van der Waals surface area contributed by atoms with Crippen molar-refractivity contribution in [3.05, 3.63) is 0 Å². The molecule has 1 aliphatic carbocycles. The Morgan fingerprint density at radius 1 is 1.29 bits per heavy atom. The Morgan fingerprint density at radius 2 is 1.82 bits per heavy atom. The van der Waals surface area contributed by atoms with Crippen molar-refractivity contribution in [1.82, 2.24) is 4.90 Å². The molecule has 1 saturated carbocycles. The standard InChI is InChI=1S/C13H26N2O2/c1-13(2,3)17-12(16)15(4)9-10-5-7-11(14)8-6-10/h10-11H,5-9,14H2,1-4H3/t10-,11-. The molecule has 17 heavy (non-hydrogen) atoms. The first kappa shape index (κ1) is 14.3. The summed E-state index contributed by atoms with van der Waals surface area (Å²) in [6, 6.07) is 0.359. The number of amides is 1. The molecule has 1 rings (SSSR count). The van der Waals surface area contributed by atoms with Gasteiger partial charge in [0, 0.05) is 19.6 Å². The lowest BCUT2D eigenvalue weighted by atomic mass is 9.86. The second-order valence-electron chi connectivity index (χ2n) is 6.14. The van der Waals surface area contributed by atoms with E-state index in [1.54, 1.807) is 4.90 Å². The van der Waals surface area contributed by atoms with Crippen LogP contribution in [-0.4, -0.2) is 36.2 Å². The first-order valence-electron chi connectivity index (χ1n) is 6.47. The van der Waals surface area contributed by atoms with E-state index in [4.69, 9.17) is 10.5 Å². The number of carbonyl (C=O) groups excluding carboxylic acids is 1. The lowest BCUT2D eigenvalue weighted by Crippen LogP contribution is -2.38. The van der Waals surface area contributed by atoms with Crippen molar-refractivity contribution in [2.24, 2.45) is 11.7 Å². The van der Waals surface area contributed by atoms with Crippen LogP contribution in [0, 0.1) is 5.92 Å². The summed E-state index contributed by atoms with van der Waals surface area (Å²) in [5, 5.41) is 0. The number of rotatable bonds is 2. The summed E-state index contributed by atoms with van der Waals surface area (Å²) in [7, 11) is 1.81. The van der Waals surface area contributed by atoms with Crippen LogP contribution >= 0.6 is 0 Å². The summed E-state index contributed by atoms with van der Waals surface area (Å²) >= 11 is 0. The average molecular weight is 242 g/mol. The van der Waals surface area contributed by atoms with E-state index in [0.717, 1.165) is 32.2 Å². The SMILES string of the molecule is CN(C[C@H]1CC[C@H](N)CC1)C(=O)OC(C)(C)C. The molecule has 1 fully saturated rings. The first-order valence-corrected chi connectivity index (χ1v) is 6.47. The minimum absolute atomic E-state index is 0.229. The van der Waals surface area contributed by atoms with Crippen molar-refractivity contribution in [2.45, 2.75) is 58.1 Å². The topological polar surface area (TPSA) is 55.6 Å². The number of hydrogen-bond donors (Lipinski definition) is 1. The molecule has 0 unspecified atom stereocenters. The third kappa shape index (κ3) is 5.39. The van der Waals surface area contributed by atoms with E-state index in [0.29, 0.717) is 12.0 Å².